The van der Waals surface area contributed by atoms with E-state index in [0.29, 0.717) is 84.8 Å². The van der Waals surface area contributed by atoms with Crippen molar-refractivity contribution in [2.24, 2.45) is 5.41 Å². The van der Waals surface area contributed by atoms with Crippen LogP contribution in [0.15, 0.2) is 36.8 Å². The highest BCUT2D eigenvalue weighted by atomic mass is 19.1. The Kier molecular flexibility index (Phi) is 8.75. The lowest BCUT2D eigenvalue weighted by Gasteiger charge is -2.29. The second kappa shape index (κ2) is 12.7. The Morgan fingerprint density at radius 2 is 1.77 bits per heavy atom. The Bertz CT molecular complexity index is 1890. The van der Waals surface area contributed by atoms with Crippen molar-refractivity contribution >= 4 is 45.8 Å². The number of esters is 1. The Labute approximate surface area is 277 Å². The van der Waals surface area contributed by atoms with Gasteiger partial charge in [-0.25, -0.2) is 28.7 Å². The predicted octanol–water partition coefficient (Wildman–Crippen LogP) is 5.90. The van der Waals surface area contributed by atoms with E-state index in [9.17, 15) is 14.0 Å². The smallest absolute Gasteiger partial charge is 0.314 e. The van der Waals surface area contributed by atoms with Crippen LogP contribution in [-0.4, -0.2) is 70.3 Å². The number of benzene rings is 1. The molecule has 2 saturated heterocycles. The number of aromatic nitrogens is 4. The van der Waals surface area contributed by atoms with Crippen LogP contribution in [0.3, 0.4) is 0 Å². The lowest BCUT2D eigenvalue weighted by Crippen LogP contribution is -2.36. The topological polar surface area (TPSA) is 123 Å². The minimum atomic E-state index is -0.790. The van der Waals surface area contributed by atoms with Gasteiger partial charge in [-0.2, -0.15) is 0 Å². The number of hydrogen-bond donors (Lipinski definition) is 1. The first-order chi connectivity index (χ1) is 22.7. The van der Waals surface area contributed by atoms with Crippen molar-refractivity contribution in [1.82, 2.24) is 19.9 Å². The molecule has 0 bridgehead atoms. The van der Waals surface area contributed by atoms with Crippen LogP contribution in [0.25, 0.3) is 22.0 Å². The number of amides is 1. The maximum Gasteiger partial charge on any atom is 0.314 e. The minimum Gasteiger partial charge on any atom is -0.460 e. The molecule has 0 spiro atoms. The van der Waals surface area contributed by atoms with E-state index in [1.165, 1.54) is 6.07 Å². The van der Waals surface area contributed by atoms with Gasteiger partial charge in [0.1, 0.15) is 41.1 Å². The Morgan fingerprint density at radius 1 is 1.06 bits per heavy atom. The van der Waals surface area contributed by atoms with Gasteiger partial charge in [0.2, 0.25) is 5.91 Å². The molecule has 13 heteroatoms. The molecule has 48 heavy (non-hydrogen) atoms. The number of morpholine rings is 1. The normalized spacial score (nSPS) is 16.5. The van der Waals surface area contributed by atoms with Gasteiger partial charge in [0.15, 0.2) is 0 Å². The van der Waals surface area contributed by atoms with E-state index in [1.54, 1.807) is 51.2 Å². The van der Waals surface area contributed by atoms with Crippen molar-refractivity contribution in [2.75, 3.05) is 48.0 Å². The molecule has 1 aromatic carbocycles. The number of ether oxygens (including phenoxy) is 2. The Balaban J connectivity index is 1.45. The zero-order chi connectivity index (χ0) is 34.4. The van der Waals surface area contributed by atoms with Gasteiger partial charge in [0, 0.05) is 79.5 Å². The highest BCUT2D eigenvalue weighted by Crippen LogP contribution is 2.42. The highest BCUT2D eigenvalue weighted by Gasteiger charge is 2.38. The van der Waals surface area contributed by atoms with E-state index in [1.807, 2.05) is 19.9 Å². The summed E-state index contributed by atoms with van der Waals surface area (Å²) >= 11 is 0. The van der Waals surface area contributed by atoms with Crippen LogP contribution in [0, 0.1) is 24.0 Å². The first kappa shape index (κ1) is 33.1. The van der Waals surface area contributed by atoms with E-state index in [2.05, 4.69) is 25.2 Å². The molecule has 2 fully saturated rings. The Morgan fingerprint density at radius 3 is 2.42 bits per heavy atom. The summed E-state index contributed by atoms with van der Waals surface area (Å²) in [5, 5.41) is 3.51. The number of anilines is 4. The molecule has 0 aliphatic carbocycles. The number of carbonyl (C=O) groups excluding carboxylic acids is 2. The van der Waals surface area contributed by atoms with Crippen molar-refractivity contribution < 1.29 is 27.8 Å². The fourth-order valence-corrected chi connectivity index (χ4v) is 6.05. The number of rotatable bonds is 7. The lowest BCUT2D eigenvalue weighted by atomic mass is 9.93. The van der Waals surface area contributed by atoms with Crippen LogP contribution in [0.5, 0.6) is 0 Å². The largest absolute Gasteiger partial charge is 0.460 e. The summed E-state index contributed by atoms with van der Waals surface area (Å²) in [5.41, 5.74) is 1.76. The third-order valence-corrected chi connectivity index (χ3v) is 8.22. The number of hydrogen-bond acceptors (Lipinski definition) is 10. The molecule has 11 nitrogen and oxygen atoms in total. The summed E-state index contributed by atoms with van der Waals surface area (Å²) in [4.78, 5) is 47.4. The summed E-state index contributed by atoms with van der Waals surface area (Å²) in [6, 6.07) is 3.84. The third-order valence-electron chi connectivity index (χ3n) is 8.22. The van der Waals surface area contributed by atoms with E-state index >= 15 is 4.39 Å². The zero-order valence-corrected chi connectivity index (χ0v) is 28.0. The van der Waals surface area contributed by atoms with E-state index in [0.717, 1.165) is 6.07 Å². The molecular formula is C35H39F2N7O4. The van der Waals surface area contributed by atoms with Gasteiger partial charge in [0.25, 0.3) is 0 Å². The standard InChI is InChI=1S/C35H39F2N7O4/c1-20-32(31-24(37)11-22(36)12-26(31)42-33(20)44-19-35(5,6)15-29(44)45)41-25-13-28(43-7-9-47-10-8-43)40-18-23(25)21-16-38-27(39-17-21)14-30(46)48-34(2,3)4/h11-13,16-18H,7-10,14-15,19H2,1-6H3,(H,40,41,42). The summed E-state index contributed by atoms with van der Waals surface area (Å²) in [7, 11) is 0. The number of halogens is 2. The van der Waals surface area contributed by atoms with Crippen LogP contribution < -0.4 is 15.1 Å². The molecule has 1 N–H and O–H groups in total. The summed E-state index contributed by atoms with van der Waals surface area (Å²) in [6.45, 7) is 13.9. The summed E-state index contributed by atoms with van der Waals surface area (Å²) < 4.78 is 41.1. The van der Waals surface area contributed by atoms with Gasteiger partial charge < -0.3 is 19.7 Å². The minimum absolute atomic E-state index is 0.0759. The van der Waals surface area contributed by atoms with E-state index in [-0.39, 0.29) is 28.6 Å². The van der Waals surface area contributed by atoms with Crippen molar-refractivity contribution in [3.63, 3.8) is 0 Å². The second-order valence-corrected chi connectivity index (χ2v) is 14.0. The summed E-state index contributed by atoms with van der Waals surface area (Å²) in [6.07, 6.45) is 5.10. The summed E-state index contributed by atoms with van der Waals surface area (Å²) in [5.74, 6) is -0.811. The quantitative estimate of drug-likeness (QED) is 0.240. The molecule has 0 radical (unpaired) electrons. The lowest BCUT2D eigenvalue weighted by molar-refractivity contribution is -0.154. The molecule has 252 valence electrons. The number of fused-ring (bicyclic) bond motifs is 1. The third kappa shape index (κ3) is 7.05. The van der Waals surface area contributed by atoms with Crippen LogP contribution >= 0.6 is 0 Å². The van der Waals surface area contributed by atoms with Crippen molar-refractivity contribution in [3.8, 4) is 11.1 Å². The molecule has 2 aliphatic heterocycles. The first-order valence-electron chi connectivity index (χ1n) is 15.9. The van der Waals surface area contributed by atoms with Crippen LogP contribution in [0.1, 0.15) is 52.4 Å². The second-order valence-electron chi connectivity index (χ2n) is 14.0. The van der Waals surface area contributed by atoms with E-state index < -0.39 is 23.2 Å². The average molecular weight is 660 g/mol. The Hall–Kier alpha value is -4.78. The molecule has 0 atom stereocenters. The molecule has 6 rings (SSSR count). The van der Waals surface area contributed by atoms with Crippen molar-refractivity contribution in [3.05, 3.63) is 59.8 Å². The van der Waals surface area contributed by atoms with Gasteiger partial charge in [-0.15, -0.1) is 0 Å². The number of nitrogens with one attached hydrogen (secondary N) is 1. The fraction of sp³-hybridized carbons (Fsp3) is 0.429. The molecule has 0 saturated carbocycles. The molecular weight excluding hydrogens is 620 g/mol. The molecule has 5 heterocycles. The monoisotopic (exact) mass is 659 g/mol. The maximum atomic E-state index is 15.7. The van der Waals surface area contributed by atoms with Crippen molar-refractivity contribution in [1.29, 1.82) is 0 Å². The number of nitrogens with zero attached hydrogens (tertiary/aromatic N) is 6. The number of pyridine rings is 2. The zero-order valence-electron chi connectivity index (χ0n) is 28.0. The van der Waals surface area contributed by atoms with Gasteiger partial charge in [0.05, 0.1) is 35.5 Å². The highest BCUT2D eigenvalue weighted by molar-refractivity contribution is 6.03. The van der Waals surface area contributed by atoms with Crippen molar-refractivity contribution in [2.45, 2.75) is 60.0 Å². The first-order valence-corrected chi connectivity index (χ1v) is 15.9. The fourth-order valence-electron chi connectivity index (χ4n) is 6.05. The maximum absolute atomic E-state index is 15.7. The van der Waals surface area contributed by atoms with Gasteiger partial charge in [-0.1, -0.05) is 13.8 Å². The molecule has 1 amide bonds. The SMILES string of the molecule is Cc1c(N2CC(C)(C)CC2=O)nc2cc(F)cc(F)c2c1Nc1cc(N2CCOCC2)ncc1-c1cnc(CC(=O)OC(C)(C)C)nc1. The molecule has 3 aromatic heterocycles. The van der Waals surface area contributed by atoms with Gasteiger partial charge >= 0.3 is 5.97 Å². The molecule has 2 aliphatic rings. The van der Waals surface area contributed by atoms with Crippen LogP contribution in [-0.2, 0) is 25.5 Å². The number of carbonyl (C=O) groups is 2. The molecule has 4 aromatic rings. The van der Waals surface area contributed by atoms with Crippen LogP contribution in [0.2, 0.25) is 0 Å². The van der Waals surface area contributed by atoms with Crippen LogP contribution in [0.4, 0.5) is 31.8 Å². The van der Waals surface area contributed by atoms with Gasteiger partial charge in [-0.05, 0) is 33.1 Å². The average Bonchev–Trinajstić information content (AvgIpc) is 3.29. The predicted molar refractivity (Wildman–Crippen MR) is 178 cm³/mol. The van der Waals surface area contributed by atoms with Gasteiger partial charge in [-0.3, -0.25) is 14.5 Å². The van der Waals surface area contributed by atoms with E-state index in [4.69, 9.17) is 14.5 Å². The molecule has 0 unspecified atom stereocenters.